The summed E-state index contributed by atoms with van der Waals surface area (Å²) < 4.78 is 0.189. The van der Waals surface area contributed by atoms with Crippen LogP contribution in [-0.4, -0.2) is 24.3 Å². The third-order valence-corrected chi connectivity index (χ3v) is 3.23. The fourth-order valence-corrected chi connectivity index (χ4v) is 2.54. The summed E-state index contributed by atoms with van der Waals surface area (Å²) in [4.78, 5) is 3.97. The van der Waals surface area contributed by atoms with Gasteiger partial charge in [-0.25, -0.2) is 0 Å². The molecule has 0 aromatic heterocycles. The second-order valence-corrected chi connectivity index (χ2v) is 5.29. The van der Waals surface area contributed by atoms with Crippen molar-refractivity contribution in [3.63, 3.8) is 0 Å². The Morgan fingerprint density at radius 2 is 2.00 bits per heavy atom. The highest BCUT2D eigenvalue weighted by Gasteiger charge is 2.13. The van der Waals surface area contributed by atoms with Gasteiger partial charge < -0.3 is 0 Å². The first-order chi connectivity index (χ1) is 4.12. The van der Waals surface area contributed by atoms with E-state index >= 15 is 0 Å². The van der Waals surface area contributed by atoms with E-state index in [1.807, 2.05) is 24.1 Å². The van der Waals surface area contributed by atoms with Crippen LogP contribution in [0.4, 0.5) is 0 Å². The lowest BCUT2D eigenvalue weighted by atomic mass is 10.2. The molecule has 54 valence electrons. The highest BCUT2D eigenvalue weighted by Crippen LogP contribution is 2.31. The molecule has 0 N–H and O–H groups in total. The third kappa shape index (κ3) is 4.85. The smallest absolute Gasteiger partial charge is 0.0553 e. The van der Waals surface area contributed by atoms with Gasteiger partial charge in [0.1, 0.15) is 0 Å². The molecule has 0 fully saturated rings. The molecule has 0 amide bonds. The van der Waals surface area contributed by atoms with E-state index in [9.17, 15) is 0 Å². The van der Waals surface area contributed by atoms with Gasteiger partial charge in [0.2, 0.25) is 0 Å². The molecule has 1 nitrogen and oxygen atoms in total. The first-order valence-electron chi connectivity index (χ1n) is 2.77. The molecule has 0 bridgehead atoms. The monoisotopic (exact) mass is 163 g/mol. The molecular formula is C6H13NS2. The van der Waals surface area contributed by atoms with Gasteiger partial charge in [-0.15, -0.1) is 0 Å². The Bertz CT molecular complexity index is 99.2. The van der Waals surface area contributed by atoms with Gasteiger partial charge in [-0.2, -0.15) is 0 Å². The molecule has 3 heteroatoms. The van der Waals surface area contributed by atoms with Crippen molar-refractivity contribution in [2.45, 2.75) is 18.6 Å². The van der Waals surface area contributed by atoms with E-state index in [2.05, 4.69) is 25.1 Å². The minimum absolute atomic E-state index is 0.189. The minimum atomic E-state index is 0.189. The lowest BCUT2D eigenvalue weighted by Gasteiger charge is -2.15. The number of rotatable bonds is 3. The number of aliphatic imine (C=N–C) groups is 1. The molecule has 0 spiro atoms. The van der Waals surface area contributed by atoms with Crippen LogP contribution in [0.5, 0.6) is 0 Å². The van der Waals surface area contributed by atoms with Gasteiger partial charge in [-0.1, -0.05) is 21.6 Å². The molecule has 0 radical (unpaired) electrons. The van der Waals surface area contributed by atoms with Crippen LogP contribution in [0.15, 0.2) is 4.99 Å². The lowest BCUT2D eigenvalue weighted by molar-refractivity contribution is 0.978. The second-order valence-electron chi connectivity index (χ2n) is 2.24. The van der Waals surface area contributed by atoms with Gasteiger partial charge in [0.25, 0.3) is 0 Å². The molecule has 0 aliphatic heterocycles. The maximum Gasteiger partial charge on any atom is 0.0553 e. The van der Waals surface area contributed by atoms with Crippen molar-refractivity contribution in [1.29, 1.82) is 0 Å². The molecule has 0 aliphatic rings. The normalized spacial score (nSPS) is 12.9. The molecule has 0 saturated heterocycles. The molecular weight excluding hydrogens is 150 g/mol. The number of nitrogens with zero attached hydrogens (tertiary/aromatic N) is 1. The van der Waals surface area contributed by atoms with Crippen LogP contribution in [0.3, 0.4) is 0 Å². The van der Waals surface area contributed by atoms with E-state index in [4.69, 9.17) is 0 Å². The zero-order valence-electron chi connectivity index (χ0n) is 6.34. The van der Waals surface area contributed by atoms with Crippen molar-refractivity contribution in [1.82, 2.24) is 0 Å². The fraction of sp³-hybridized carbons (Fsp3) is 0.833. The fourth-order valence-electron chi connectivity index (χ4n) is 0.547. The highest BCUT2D eigenvalue weighted by molar-refractivity contribution is 8.77. The van der Waals surface area contributed by atoms with Gasteiger partial charge in [0, 0.05) is 13.3 Å². The number of hydrogen-bond donors (Lipinski definition) is 0. The van der Waals surface area contributed by atoms with Gasteiger partial charge in [0.15, 0.2) is 0 Å². The van der Waals surface area contributed by atoms with Crippen molar-refractivity contribution in [2.75, 3.05) is 13.3 Å². The number of hydrogen-bond acceptors (Lipinski definition) is 3. The van der Waals surface area contributed by atoms with E-state index in [0.29, 0.717) is 0 Å². The highest BCUT2D eigenvalue weighted by atomic mass is 33.1. The van der Waals surface area contributed by atoms with Crippen LogP contribution in [0, 0.1) is 0 Å². The van der Waals surface area contributed by atoms with Crippen LogP contribution in [0.1, 0.15) is 13.8 Å². The van der Waals surface area contributed by atoms with E-state index in [1.54, 1.807) is 10.8 Å². The van der Waals surface area contributed by atoms with Gasteiger partial charge in [-0.05, 0) is 20.1 Å². The molecule has 0 aromatic carbocycles. The SMILES string of the molecule is C/N=C/C(C)(C)SSC. The second kappa shape index (κ2) is 4.23. The van der Waals surface area contributed by atoms with Crippen molar-refractivity contribution < 1.29 is 0 Å². The van der Waals surface area contributed by atoms with Gasteiger partial charge >= 0.3 is 0 Å². The summed E-state index contributed by atoms with van der Waals surface area (Å²) in [6, 6.07) is 0. The van der Waals surface area contributed by atoms with Crippen LogP contribution >= 0.6 is 21.6 Å². The van der Waals surface area contributed by atoms with E-state index in [0.717, 1.165) is 0 Å². The third-order valence-electron chi connectivity index (χ3n) is 0.738. The Kier molecular flexibility index (Phi) is 4.40. The van der Waals surface area contributed by atoms with E-state index < -0.39 is 0 Å². The van der Waals surface area contributed by atoms with Gasteiger partial charge in [0.05, 0.1) is 4.75 Å². The Labute approximate surface area is 65.1 Å². The van der Waals surface area contributed by atoms with E-state index in [-0.39, 0.29) is 4.75 Å². The summed E-state index contributed by atoms with van der Waals surface area (Å²) in [5, 5.41) is 0. The van der Waals surface area contributed by atoms with E-state index in [1.165, 1.54) is 0 Å². The van der Waals surface area contributed by atoms with Crippen molar-refractivity contribution in [2.24, 2.45) is 4.99 Å². The summed E-state index contributed by atoms with van der Waals surface area (Å²) in [5.41, 5.74) is 0. The maximum atomic E-state index is 3.97. The van der Waals surface area contributed by atoms with Gasteiger partial charge in [-0.3, -0.25) is 4.99 Å². The van der Waals surface area contributed by atoms with Crippen molar-refractivity contribution >= 4 is 27.8 Å². The summed E-state index contributed by atoms with van der Waals surface area (Å²) in [6.07, 6.45) is 4.05. The largest absolute Gasteiger partial charge is 0.299 e. The first-order valence-corrected chi connectivity index (χ1v) is 5.33. The predicted molar refractivity (Wildman–Crippen MR) is 49.6 cm³/mol. The Morgan fingerprint density at radius 1 is 1.44 bits per heavy atom. The molecule has 0 aliphatic carbocycles. The summed E-state index contributed by atoms with van der Waals surface area (Å²) in [7, 11) is 5.41. The Hall–Kier alpha value is 0.370. The summed E-state index contributed by atoms with van der Waals surface area (Å²) in [5.74, 6) is 0. The lowest BCUT2D eigenvalue weighted by Crippen LogP contribution is -2.14. The van der Waals surface area contributed by atoms with Crippen molar-refractivity contribution in [3.8, 4) is 0 Å². The maximum absolute atomic E-state index is 3.97. The standard InChI is InChI=1S/C6H13NS2/c1-6(2,5-7-3)9-8-4/h5H,1-4H3/b7-5+. The average molecular weight is 163 g/mol. The molecule has 0 saturated carbocycles. The zero-order valence-corrected chi connectivity index (χ0v) is 7.97. The minimum Gasteiger partial charge on any atom is -0.299 e. The summed E-state index contributed by atoms with van der Waals surface area (Å²) in [6.45, 7) is 4.31. The quantitative estimate of drug-likeness (QED) is 0.468. The van der Waals surface area contributed by atoms with Crippen LogP contribution in [-0.2, 0) is 0 Å². The zero-order chi connectivity index (χ0) is 7.33. The predicted octanol–water partition coefficient (Wildman–Crippen LogP) is 2.48. The molecule has 9 heavy (non-hydrogen) atoms. The van der Waals surface area contributed by atoms with Crippen LogP contribution in [0.25, 0.3) is 0 Å². The Morgan fingerprint density at radius 3 is 2.33 bits per heavy atom. The van der Waals surface area contributed by atoms with Crippen molar-refractivity contribution in [3.05, 3.63) is 0 Å². The molecule has 0 heterocycles. The van der Waals surface area contributed by atoms with Crippen LogP contribution in [0.2, 0.25) is 0 Å². The topological polar surface area (TPSA) is 12.4 Å². The molecule has 0 atom stereocenters. The molecule has 0 rings (SSSR count). The molecule has 0 unspecified atom stereocenters. The first kappa shape index (κ1) is 9.37. The molecule has 0 aromatic rings. The Balaban J connectivity index is 3.70. The average Bonchev–Trinajstić information content (AvgIpc) is 1.64. The summed E-state index contributed by atoms with van der Waals surface area (Å²) >= 11 is 0. The van der Waals surface area contributed by atoms with Crippen LogP contribution < -0.4 is 0 Å².